The van der Waals surface area contributed by atoms with Crippen molar-refractivity contribution < 1.29 is 4.39 Å². The third kappa shape index (κ3) is 2.42. The van der Waals surface area contributed by atoms with E-state index in [1.165, 1.54) is 0 Å². The Balaban J connectivity index is 2.25. The zero-order valence-electron chi connectivity index (χ0n) is 8.09. The van der Waals surface area contributed by atoms with Gasteiger partial charge in [-0.25, -0.2) is 4.39 Å². The van der Waals surface area contributed by atoms with Gasteiger partial charge in [0.25, 0.3) is 0 Å². The first-order valence-electron chi connectivity index (χ1n) is 4.80. The molecular weight excluding hydrogens is 155 g/mol. The highest BCUT2D eigenvalue weighted by Crippen LogP contribution is 2.05. The topological polar surface area (TPSA) is 6.48 Å². The van der Waals surface area contributed by atoms with Gasteiger partial charge in [0.2, 0.25) is 0 Å². The third-order valence-corrected chi connectivity index (χ3v) is 2.70. The van der Waals surface area contributed by atoms with Crippen molar-refractivity contribution in [3.63, 3.8) is 0 Å². The lowest BCUT2D eigenvalue weighted by atomic mass is 10.2. The molecule has 3 heteroatoms. The molecule has 1 heterocycles. The SMILES string of the molecule is CCN1CCN(C(C)CF)CC1. The molecule has 1 rings (SSSR count). The highest BCUT2D eigenvalue weighted by molar-refractivity contribution is 4.74. The van der Waals surface area contributed by atoms with Crippen LogP contribution in [0.4, 0.5) is 4.39 Å². The molecule has 2 nitrogen and oxygen atoms in total. The molecule has 0 spiro atoms. The van der Waals surface area contributed by atoms with E-state index < -0.39 is 0 Å². The lowest BCUT2D eigenvalue weighted by molar-refractivity contribution is 0.0943. The minimum Gasteiger partial charge on any atom is -0.301 e. The average molecular weight is 174 g/mol. The number of likely N-dealkylation sites (N-methyl/N-ethyl adjacent to an activating group) is 1. The first-order valence-corrected chi connectivity index (χ1v) is 4.80. The number of alkyl halides is 1. The quantitative estimate of drug-likeness (QED) is 0.629. The van der Waals surface area contributed by atoms with Gasteiger partial charge in [-0.1, -0.05) is 6.92 Å². The fourth-order valence-electron chi connectivity index (χ4n) is 1.62. The Kier molecular flexibility index (Phi) is 3.95. The van der Waals surface area contributed by atoms with Crippen LogP contribution in [0.1, 0.15) is 13.8 Å². The predicted molar refractivity (Wildman–Crippen MR) is 49.1 cm³/mol. The summed E-state index contributed by atoms with van der Waals surface area (Å²) in [5, 5.41) is 0. The summed E-state index contributed by atoms with van der Waals surface area (Å²) in [6.07, 6.45) is 0. The molecule has 0 aromatic rings. The number of rotatable bonds is 3. The molecule has 0 radical (unpaired) electrons. The zero-order chi connectivity index (χ0) is 8.97. The molecule has 0 bridgehead atoms. The van der Waals surface area contributed by atoms with Crippen LogP contribution in [0.2, 0.25) is 0 Å². The van der Waals surface area contributed by atoms with Gasteiger partial charge in [0.1, 0.15) is 6.67 Å². The van der Waals surface area contributed by atoms with E-state index in [2.05, 4.69) is 16.7 Å². The van der Waals surface area contributed by atoms with Crippen molar-refractivity contribution in [2.75, 3.05) is 39.4 Å². The van der Waals surface area contributed by atoms with E-state index in [9.17, 15) is 4.39 Å². The first kappa shape index (κ1) is 9.93. The van der Waals surface area contributed by atoms with Gasteiger partial charge in [-0.15, -0.1) is 0 Å². The smallest absolute Gasteiger partial charge is 0.105 e. The number of hydrogen-bond acceptors (Lipinski definition) is 2. The maximum Gasteiger partial charge on any atom is 0.105 e. The van der Waals surface area contributed by atoms with Crippen LogP contribution in [0.25, 0.3) is 0 Å². The number of hydrogen-bond donors (Lipinski definition) is 0. The van der Waals surface area contributed by atoms with Crippen molar-refractivity contribution >= 4 is 0 Å². The van der Waals surface area contributed by atoms with Crippen molar-refractivity contribution in [2.45, 2.75) is 19.9 Å². The van der Waals surface area contributed by atoms with Crippen molar-refractivity contribution in [1.29, 1.82) is 0 Å². The lowest BCUT2D eigenvalue weighted by Gasteiger charge is -2.36. The molecule has 1 saturated heterocycles. The van der Waals surface area contributed by atoms with Crippen LogP contribution in [0, 0.1) is 0 Å². The molecule has 1 atom stereocenters. The lowest BCUT2D eigenvalue weighted by Crippen LogP contribution is -2.49. The molecule has 0 amide bonds. The Morgan fingerprint density at radius 1 is 1.25 bits per heavy atom. The number of halogens is 1. The molecule has 0 saturated carbocycles. The Hall–Kier alpha value is -0.150. The standard InChI is InChI=1S/C9H19FN2/c1-3-11-4-6-12(7-5-11)9(2)8-10/h9H,3-8H2,1-2H3. The summed E-state index contributed by atoms with van der Waals surface area (Å²) in [7, 11) is 0. The van der Waals surface area contributed by atoms with Crippen LogP contribution in [-0.4, -0.2) is 55.2 Å². The van der Waals surface area contributed by atoms with Crippen LogP contribution >= 0.6 is 0 Å². The summed E-state index contributed by atoms with van der Waals surface area (Å²) in [6.45, 7) is 9.29. The molecule has 0 aromatic carbocycles. The van der Waals surface area contributed by atoms with Gasteiger partial charge >= 0.3 is 0 Å². The highest BCUT2D eigenvalue weighted by atomic mass is 19.1. The monoisotopic (exact) mass is 174 g/mol. The van der Waals surface area contributed by atoms with E-state index in [0.29, 0.717) is 0 Å². The van der Waals surface area contributed by atoms with Gasteiger partial charge in [0.15, 0.2) is 0 Å². The van der Waals surface area contributed by atoms with Gasteiger partial charge in [-0.3, -0.25) is 4.90 Å². The molecular formula is C9H19FN2. The van der Waals surface area contributed by atoms with Gasteiger partial charge < -0.3 is 4.90 Å². The van der Waals surface area contributed by atoms with Crippen LogP contribution in [0.5, 0.6) is 0 Å². The van der Waals surface area contributed by atoms with Crippen LogP contribution in [0.3, 0.4) is 0 Å². The minimum absolute atomic E-state index is 0.115. The van der Waals surface area contributed by atoms with E-state index in [0.717, 1.165) is 32.7 Å². The zero-order valence-corrected chi connectivity index (χ0v) is 8.09. The molecule has 1 fully saturated rings. The van der Waals surface area contributed by atoms with Crippen LogP contribution < -0.4 is 0 Å². The minimum atomic E-state index is -0.216. The fourth-order valence-corrected chi connectivity index (χ4v) is 1.62. The highest BCUT2D eigenvalue weighted by Gasteiger charge is 2.19. The van der Waals surface area contributed by atoms with Crippen molar-refractivity contribution in [3.05, 3.63) is 0 Å². The largest absolute Gasteiger partial charge is 0.301 e. The molecule has 0 N–H and O–H groups in total. The summed E-state index contributed by atoms with van der Waals surface area (Å²) >= 11 is 0. The van der Waals surface area contributed by atoms with E-state index in [4.69, 9.17) is 0 Å². The summed E-state index contributed by atoms with van der Waals surface area (Å²) in [4.78, 5) is 4.63. The number of nitrogens with zero attached hydrogens (tertiary/aromatic N) is 2. The van der Waals surface area contributed by atoms with Crippen molar-refractivity contribution in [3.8, 4) is 0 Å². The molecule has 72 valence electrons. The maximum absolute atomic E-state index is 12.3. The second-order valence-electron chi connectivity index (χ2n) is 3.47. The molecule has 1 aliphatic rings. The normalized spacial score (nSPS) is 24.2. The van der Waals surface area contributed by atoms with E-state index in [1.54, 1.807) is 0 Å². The van der Waals surface area contributed by atoms with Gasteiger partial charge in [-0.2, -0.15) is 0 Å². The second kappa shape index (κ2) is 4.77. The summed E-state index contributed by atoms with van der Waals surface area (Å²) in [5.41, 5.74) is 0. The summed E-state index contributed by atoms with van der Waals surface area (Å²) in [5.74, 6) is 0. The maximum atomic E-state index is 12.3. The van der Waals surface area contributed by atoms with E-state index in [1.807, 2.05) is 6.92 Å². The second-order valence-corrected chi connectivity index (χ2v) is 3.47. The average Bonchev–Trinajstić information content (AvgIpc) is 2.17. The van der Waals surface area contributed by atoms with Gasteiger partial charge in [0, 0.05) is 32.2 Å². The Morgan fingerprint density at radius 3 is 2.25 bits per heavy atom. The summed E-state index contributed by atoms with van der Waals surface area (Å²) in [6, 6.07) is 0.115. The predicted octanol–water partition coefficient (Wildman–Crippen LogP) is 0.982. The van der Waals surface area contributed by atoms with E-state index in [-0.39, 0.29) is 12.7 Å². The van der Waals surface area contributed by atoms with E-state index >= 15 is 0 Å². The Morgan fingerprint density at radius 2 is 1.83 bits per heavy atom. The molecule has 0 aliphatic carbocycles. The van der Waals surface area contributed by atoms with Crippen LogP contribution in [0.15, 0.2) is 0 Å². The first-order chi connectivity index (χ1) is 5.77. The van der Waals surface area contributed by atoms with Crippen LogP contribution in [-0.2, 0) is 0 Å². The Labute approximate surface area is 74.3 Å². The van der Waals surface area contributed by atoms with Gasteiger partial charge in [-0.05, 0) is 13.5 Å². The Bertz CT molecular complexity index is 122. The molecule has 0 aromatic heterocycles. The van der Waals surface area contributed by atoms with Crippen molar-refractivity contribution in [1.82, 2.24) is 9.80 Å². The van der Waals surface area contributed by atoms with Crippen molar-refractivity contribution in [2.24, 2.45) is 0 Å². The third-order valence-electron chi connectivity index (χ3n) is 2.70. The molecule has 12 heavy (non-hydrogen) atoms. The van der Waals surface area contributed by atoms with Gasteiger partial charge in [0.05, 0.1) is 0 Å². The molecule has 1 unspecified atom stereocenters. The summed E-state index contributed by atoms with van der Waals surface area (Å²) < 4.78 is 12.3. The fraction of sp³-hybridized carbons (Fsp3) is 1.00. The number of piperazine rings is 1. The molecule has 1 aliphatic heterocycles.